The smallest absolute Gasteiger partial charge is 0.261 e. The molecule has 0 spiro atoms. The first-order chi connectivity index (χ1) is 12.6. The van der Waals surface area contributed by atoms with Gasteiger partial charge >= 0.3 is 0 Å². The Labute approximate surface area is 153 Å². The predicted molar refractivity (Wildman–Crippen MR) is 99.4 cm³/mol. The summed E-state index contributed by atoms with van der Waals surface area (Å²) in [6, 6.07) is 3.27. The number of amides is 1. The highest BCUT2D eigenvalue weighted by molar-refractivity contribution is 6.33. The molecule has 9 heteroatoms. The lowest BCUT2D eigenvalue weighted by Crippen LogP contribution is -2.20. The van der Waals surface area contributed by atoms with Gasteiger partial charge in [-0.15, -0.1) is 0 Å². The number of carbonyl (C=O) groups is 1. The van der Waals surface area contributed by atoms with Gasteiger partial charge in [-0.2, -0.15) is 4.98 Å². The fourth-order valence-corrected chi connectivity index (χ4v) is 2.84. The van der Waals surface area contributed by atoms with Crippen LogP contribution in [0.15, 0.2) is 35.5 Å². The third-order valence-corrected chi connectivity index (χ3v) is 4.55. The summed E-state index contributed by atoms with van der Waals surface area (Å²) in [5.41, 5.74) is 0.716. The van der Waals surface area contributed by atoms with Crippen molar-refractivity contribution in [3.63, 3.8) is 0 Å². The van der Waals surface area contributed by atoms with Crippen molar-refractivity contribution < 1.29 is 4.79 Å². The van der Waals surface area contributed by atoms with Gasteiger partial charge in [-0.05, 0) is 30.9 Å². The number of H-pyrrole nitrogens is 1. The first-order valence-corrected chi connectivity index (χ1v) is 8.70. The summed E-state index contributed by atoms with van der Waals surface area (Å²) >= 11 is 6.00. The summed E-state index contributed by atoms with van der Waals surface area (Å²) in [5.74, 6) is 0.802. The number of rotatable bonds is 6. The highest BCUT2D eigenvalue weighted by Crippen LogP contribution is 2.28. The molecule has 0 saturated heterocycles. The maximum Gasteiger partial charge on any atom is 0.261 e. The van der Waals surface area contributed by atoms with Crippen LogP contribution < -0.4 is 16.2 Å². The average molecular weight is 373 g/mol. The molecule has 3 N–H and O–H groups in total. The first kappa shape index (κ1) is 16.6. The number of carbonyl (C=O) groups excluding carboxylic acids is 1. The lowest BCUT2D eigenvalue weighted by molar-refractivity contribution is -0.116. The summed E-state index contributed by atoms with van der Waals surface area (Å²) in [6.07, 6.45) is 7.08. The van der Waals surface area contributed by atoms with E-state index in [2.05, 4.69) is 25.6 Å². The number of nitrogens with one attached hydrogen (secondary N) is 3. The Bertz CT molecular complexity index is 1020. The molecule has 3 heterocycles. The molecule has 8 nitrogen and oxygen atoms in total. The van der Waals surface area contributed by atoms with E-state index in [0.29, 0.717) is 33.6 Å². The third kappa shape index (κ3) is 3.55. The van der Waals surface area contributed by atoms with Gasteiger partial charge in [0.25, 0.3) is 5.56 Å². The van der Waals surface area contributed by atoms with Crippen LogP contribution in [0.5, 0.6) is 0 Å². The minimum Gasteiger partial charge on any atom is -0.355 e. The maximum atomic E-state index is 12.3. The molecule has 0 unspecified atom stereocenters. The van der Waals surface area contributed by atoms with Crippen molar-refractivity contribution in [3.8, 4) is 0 Å². The number of pyridine rings is 1. The van der Waals surface area contributed by atoms with E-state index >= 15 is 0 Å². The largest absolute Gasteiger partial charge is 0.355 e. The van der Waals surface area contributed by atoms with Gasteiger partial charge in [-0.25, -0.2) is 0 Å². The Hall–Kier alpha value is -2.87. The molecular weight excluding hydrogens is 356 g/mol. The predicted octanol–water partition coefficient (Wildman–Crippen LogP) is 2.23. The first-order valence-electron chi connectivity index (χ1n) is 8.32. The number of nitrogens with zero attached hydrogens (tertiary/aromatic N) is 3. The van der Waals surface area contributed by atoms with Crippen LogP contribution in [-0.2, 0) is 11.3 Å². The number of aromatic amines is 1. The van der Waals surface area contributed by atoms with E-state index in [9.17, 15) is 9.59 Å². The molecule has 1 amide bonds. The molecule has 134 valence electrons. The van der Waals surface area contributed by atoms with E-state index in [4.69, 9.17) is 11.6 Å². The highest BCUT2D eigenvalue weighted by atomic mass is 35.5. The van der Waals surface area contributed by atoms with Gasteiger partial charge in [0, 0.05) is 25.1 Å². The van der Waals surface area contributed by atoms with E-state index in [-0.39, 0.29) is 18.0 Å². The van der Waals surface area contributed by atoms with E-state index in [1.165, 1.54) is 19.0 Å². The number of fused-ring (bicyclic) bond motifs is 1. The average Bonchev–Trinajstić information content (AvgIpc) is 3.36. The van der Waals surface area contributed by atoms with E-state index in [0.717, 1.165) is 6.54 Å². The molecule has 1 aliphatic carbocycles. The van der Waals surface area contributed by atoms with Crippen LogP contribution in [-0.4, -0.2) is 32.0 Å². The zero-order chi connectivity index (χ0) is 18.1. The number of anilines is 2. The standard InChI is InChI=1S/C17H17ClN6O2/c18-12-8-19-5-3-13(12)21-14(25)9-24-6-4-11-15(24)22-17(23-16(11)26)20-7-10-1-2-10/h3-6,8,10H,1-2,7,9H2,(H,19,21,25)(H2,20,22,23,26). The topological polar surface area (TPSA) is 105 Å². The van der Waals surface area contributed by atoms with Crippen molar-refractivity contribution in [2.75, 3.05) is 17.2 Å². The Balaban J connectivity index is 1.54. The molecule has 1 aliphatic rings. The molecule has 0 aliphatic heterocycles. The fourth-order valence-electron chi connectivity index (χ4n) is 2.67. The normalized spacial score (nSPS) is 13.7. The Morgan fingerprint density at radius 2 is 2.23 bits per heavy atom. The van der Waals surface area contributed by atoms with Crippen molar-refractivity contribution in [3.05, 3.63) is 46.1 Å². The zero-order valence-electron chi connectivity index (χ0n) is 13.8. The molecule has 3 aromatic rings. The molecule has 0 atom stereocenters. The second kappa shape index (κ2) is 6.80. The maximum absolute atomic E-state index is 12.3. The number of hydrogen-bond donors (Lipinski definition) is 3. The summed E-state index contributed by atoms with van der Waals surface area (Å²) in [5, 5.41) is 6.68. The van der Waals surface area contributed by atoms with Crippen LogP contribution in [0.4, 0.5) is 11.6 Å². The number of hydrogen-bond acceptors (Lipinski definition) is 5. The molecule has 0 radical (unpaired) electrons. The lowest BCUT2D eigenvalue weighted by Gasteiger charge is -2.09. The van der Waals surface area contributed by atoms with Gasteiger partial charge in [0.15, 0.2) is 0 Å². The van der Waals surface area contributed by atoms with Crippen LogP contribution in [0, 0.1) is 5.92 Å². The van der Waals surface area contributed by atoms with Crippen molar-refractivity contribution >= 4 is 40.2 Å². The van der Waals surface area contributed by atoms with E-state index < -0.39 is 0 Å². The van der Waals surface area contributed by atoms with Crippen molar-refractivity contribution in [2.45, 2.75) is 19.4 Å². The monoisotopic (exact) mass is 372 g/mol. The number of aromatic nitrogens is 4. The van der Waals surface area contributed by atoms with Crippen molar-refractivity contribution in [1.82, 2.24) is 19.5 Å². The van der Waals surface area contributed by atoms with Gasteiger partial charge in [-0.3, -0.25) is 19.6 Å². The lowest BCUT2D eigenvalue weighted by atomic mass is 10.4. The minimum absolute atomic E-state index is 0.0146. The Morgan fingerprint density at radius 1 is 1.38 bits per heavy atom. The molecule has 4 rings (SSSR count). The van der Waals surface area contributed by atoms with Crippen molar-refractivity contribution in [2.24, 2.45) is 5.92 Å². The molecule has 1 fully saturated rings. The molecule has 1 saturated carbocycles. The summed E-state index contributed by atoms with van der Waals surface area (Å²) in [4.78, 5) is 35.6. The summed E-state index contributed by atoms with van der Waals surface area (Å²) < 4.78 is 1.64. The van der Waals surface area contributed by atoms with Crippen LogP contribution in [0.2, 0.25) is 5.02 Å². The molecule has 0 bridgehead atoms. The van der Waals surface area contributed by atoms with Gasteiger partial charge < -0.3 is 15.2 Å². The van der Waals surface area contributed by atoms with Crippen LogP contribution in [0.25, 0.3) is 11.0 Å². The van der Waals surface area contributed by atoms with Gasteiger partial charge in [0.1, 0.15) is 12.2 Å². The molecular formula is C17H17ClN6O2. The second-order valence-corrected chi connectivity index (χ2v) is 6.73. The second-order valence-electron chi connectivity index (χ2n) is 6.32. The van der Waals surface area contributed by atoms with E-state index in [1.54, 1.807) is 29.1 Å². The summed E-state index contributed by atoms with van der Waals surface area (Å²) in [6.45, 7) is 0.802. The number of halogens is 1. The Kier molecular flexibility index (Phi) is 4.34. The van der Waals surface area contributed by atoms with Crippen LogP contribution in [0.3, 0.4) is 0 Å². The van der Waals surface area contributed by atoms with Gasteiger partial charge in [0.2, 0.25) is 11.9 Å². The molecule has 26 heavy (non-hydrogen) atoms. The highest BCUT2D eigenvalue weighted by Gasteiger charge is 2.21. The Morgan fingerprint density at radius 3 is 3.00 bits per heavy atom. The van der Waals surface area contributed by atoms with Crippen LogP contribution in [0.1, 0.15) is 12.8 Å². The molecule has 0 aromatic carbocycles. The fraction of sp³-hybridized carbons (Fsp3) is 0.294. The van der Waals surface area contributed by atoms with Crippen molar-refractivity contribution in [1.29, 1.82) is 0 Å². The van der Waals surface area contributed by atoms with Crippen LogP contribution >= 0.6 is 11.6 Å². The minimum atomic E-state index is -0.273. The van der Waals surface area contributed by atoms with E-state index in [1.807, 2.05) is 0 Å². The van der Waals surface area contributed by atoms with Gasteiger partial charge in [-0.1, -0.05) is 11.6 Å². The molecule has 3 aromatic heterocycles. The van der Waals surface area contributed by atoms with Gasteiger partial charge in [0.05, 0.1) is 16.1 Å². The SMILES string of the molecule is O=C(Cn1ccc2c(=O)[nH]c(NCC3CC3)nc21)Nc1ccncc1Cl. The quantitative estimate of drug-likeness (QED) is 0.615. The summed E-state index contributed by atoms with van der Waals surface area (Å²) in [7, 11) is 0. The zero-order valence-corrected chi connectivity index (χ0v) is 14.6. The third-order valence-electron chi connectivity index (χ3n) is 4.24.